The number of Topliss-reactive ketones (excluding diaryl/α,β-unsaturated/α-hetero) is 1. The Balaban J connectivity index is 1.70. The van der Waals surface area contributed by atoms with Gasteiger partial charge >= 0.3 is 5.97 Å². The van der Waals surface area contributed by atoms with Crippen molar-refractivity contribution in [1.29, 1.82) is 0 Å². The van der Waals surface area contributed by atoms with Gasteiger partial charge in [0, 0.05) is 15.4 Å². The smallest absolute Gasteiger partial charge is 0.312 e. The number of rotatable bonds is 11. The van der Waals surface area contributed by atoms with Crippen molar-refractivity contribution in [2.24, 2.45) is 11.1 Å². The zero-order chi connectivity index (χ0) is 23.5. The van der Waals surface area contributed by atoms with Crippen LogP contribution in [0.2, 0.25) is 0 Å². The Hall–Kier alpha value is -2.92. The van der Waals surface area contributed by atoms with Crippen LogP contribution in [0.3, 0.4) is 0 Å². The summed E-state index contributed by atoms with van der Waals surface area (Å²) in [5.74, 6) is -0.438. The van der Waals surface area contributed by atoms with Gasteiger partial charge in [0.05, 0.1) is 5.57 Å². The summed E-state index contributed by atoms with van der Waals surface area (Å²) < 4.78 is 0. The molecular weight excluding hydrogens is 430 g/mol. The Bertz CT molecular complexity index is 1020. The fourth-order valence-corrected chi connectivity index (χ4v) is 4.35. The molecule has 1 aliphatic rings. The highest BCUT2D eigenvalue weighted by Crippen LogP contribution is 2.27. The molecule has 0 N–H and O–H groups in total. The van der Waals surface area contributed by atoms with Crippen LogP contribution in [0, 0.1) is 5.92 Å². The predicted molar refractivity (Wildman–Crippen MR) is 135 cm³/mol. The van der Waals surface area contributed by atoms with Gasteiger partial charge in [0.2, 0.25) is 5.78 Å². The van der Waals surface area contributed by atoms with Gasteiger partial charge in [0.1, 0.15) is 5.71 Å². The van der Waals surface area contributed by atoms with Crippen LogP contribution in [-0.2, 0) is 9.63 Å². The van der Waals surface area contributed by atoms with Crippen molar-refractivity contribution in [3.8, 4) is 0 Å². The average Bonchev–Trinajstić information content (AvgIpc) is 2.84. The van der Waals surface area contributed by atoms with E-state index < -0.39 is 5.97 Å². The lowest BCUT2D eigenvalue weighted by Crippen LogP contribution is -2.17. The zero-order valence-corrected chi connectivity index (χ0v) is 20.1. The predicted octanol–water partition coefficient (Wildman–Crippen LogP) is 7.41. The van der Waals surface area contributed by atoms with E-state index in [0.717, 1.165) is 41.9 Å². The molecule has 4 nitrogen and oxygen atoms in total. The Morgan fingerprint density at radius 3 is 2.42 bits per heavy atom. The van der Waals surface area contributed by atoms with E-state index in [1.807, 2.05) is 61.5 Å². The lowest BCUT2D eigenvalue weighted by Gasteiger charge is -2.10. The summed E-state index contributed by atoms with van der Waals surface area (Å²) in [5, 5.41) is 4.03. The first kappa shape index (κ1) is 24.7. The Morgan fingerprint density at radius 1 is 1.00 bits per heavy atom. The molecule has 0 heterocycles. The molecule has 2 aromatic carbocycles. The highest BCUT2D eigenvalue weighted by Gasteiger charge is 2.18. The Labute approximate surface area is 200 Å². The first-order chi connectivity index (χ1) is 16.1. The number of benzene rings is 2. The number of nitrogens with zero attached hydrogens (tertiary/aromatic N) is 1. The van der Waals surface area contributed by atoms with E-state index in [1.54, 1.807) is 17.8 Å². The number of unbranched alkanes of at least 4 members (excludes halogenated alkanes) is 3. The van der Waals surface area contributed by atoms with Crippen LogP contribution in [0.25, 0.3) is 0 Å². The van der Waals surface area contributed by atoms with E-state index in [1.165, 1.54) is 0 Å². The van der Waals surface area contributed by atoms with Crippen LogP contribution in [0.1, 0.15) is 62.7 Å². The molecule has 0 saturated carbocycles. The summed E-state index contributed by atoms with van der Waals surface area (Å²) in [5.41, 5.74) is 1.32. The lowest BCUT2D eigenvalue weighted by molar-refractivity contribution is -0.138. The molecule has 0 spiro atoms. The molecule has 1 atom stereocenters. The second kappa shape index (κ2) is 12.9. The molecule has 5 heteroatoms. The molecule has 1 aliphatic carbocycles. The van der Waals surface area contributed by atoms with Crippen LogP contribution < -0.4 is 0 Å². The van der Waals surface area contributed by atoms with Gasteiger partial charge in [-0.2, -0.15) is 0 Å². The van der Waals surface area contributed by atoms with Crippen molar-refractivity contribution in [3.05, 3.63) is 84.0 Å². The van der Waals surface area contributed by atoms with E-state index in [0.29, 0.717) is 17.6 Å². The van der Waals surface area contributed by atoms with E-state index in [4.69, 9.17) is 4.84 Å². The topological polar surface area (TPSA) is 55.7 Å². The van der Waals surface area contributed by atoms with Crippen molar-refractivity contribution in [2.45, 2.75) is 62.2 Å². The molecular formula is C28H31NO3S. The molecule has 0 aliphatic heterocycles. The van der Waals surface area contributed by atoms with Gasteiger partial charge in [-0.3, -0.25) is 4.79 Å². The number of hydrogen-bond donors (Lipinski definition) is 0. The Kier molecular flexibility index (Phi) is 9.70. The molecule has 3 rings (SSSR count). The molecule has 0 radical (unpaired) electrons. The fourth-order valence-electron chi connectivity index (χ4n) is 3.51. The Morgan fingerprint density at radius 2 is 1.73 bits per heavy atom. The number of carbonyl (C=O) groups excluding carboxylic acids is 2. The summed E-state index contributed by atoms with van der Waals surface area (Å²) in [6.45, 7) is 4.19. The van der Waals surface area contributed by atoms with Crippen LogP contribution in [0.4, 0.5) is 0 Å². The molecule has 0 aromatic heterocycles. The minimum absolute atomic E-state index is 0.197. The number of carbonyl (C=O) groups is 2. The zero-order valence-electron chi connectivity index (χ0n) is 19.3. The van der Waals surface area contributed by atoms with Gasteiger partial charge in [-0.1, -0.05) is 86.5 Å². The molecule has 0 amide bonds. The van der Waals surface area contributed by atoms with Crippen molar-refractivity contribution >= 4 is 29.2 Å². The fraction of sp³-hybridized carbons (Fsp3) is 0.321. The number of hydrogen-bond acceptors (Lipinski definition) is 5. The van der Waals surface area contributed by atoms with E-state index >= 15 is 0 Å². The summed E-state index contributed by atoms with van der Waals surface area (Å²) in [6, 6.07) is 17.6. The van der Waals surface area contributed by atoms with E-state index in [2.05, 4.69) is 24.2 Å². The van der Waals surface area contributed by atoms with E-state index in [9.17, 15) is 9.59 Å². The quantitative estimate of drug-likeness (QED) is 0.115. The lowest BCUT2D eigenvalue weighted by atomic mass is 9.98. The normalized spacial score (nSPS) is 15.8. The molecule has 172 valence electrons. The molecule has 0 saturated heterocycles. The largest absolute Gasteiger partial charge is 0.365 e. The van der Waals surface area contributed by atoms with E-state index in [-0.39, 0.29) is 17.4 Å². The average molecular weight is 462 g/mol. The minimum Gasteiger partial charge on any atom is -0.312 e. The molecule has 33 heavy (non-hydrogen) atoms. The van der Waals surface area contributed by atoms with Crippen molar-refractivity contribution in [1.82, 2.24) is 0 Å². The second-order valence-electron chi connectivity index (χ2n) is 8.23. The minimum atomic E-state index is -0.522. The van der Waals surface area contributed by atoms with Crippen LogP contribution in [0.5, 0.6) is 0 Å². The van der Waals surface area contributed by atoms with Crippen molar-refractivity contribution in [3.63, 3.8) is 0 Å². The highest BCUT2D eigenvalue weighted by molar-refractivity contribution is 7.99. The SMILES string of the molecule is CCCCCC/C(=N\OC(=O)C1=CC(C)CC=C1)C(=O)c1ccc(Sc2ccccc2)cc1. The molecule has 2 aromatic rings. The van der Waals surface area contributed by atoms with Crippen LogP contribution in [-0.4, -0.2) is 17.5 Å². The molecule has 1 unspecified atom stereocenters. The maximum atomic E-state index is 13.2. The van der Waals surface area contributed by atoms with Crippen molar-refractivity contribution in [2.75, 3.05) is 0 Å². The summed E-state index contributed by atoms with van der Waals surface area (Å²) in [7, 11) is 0. The first-order valence-corrected chi connectivity index (χ1v) is 12.4. The number of ketones is 1. The first-order valence-electron chi connectivity index (χ1n) is 11.6. The standard InChI is InChI=1S/C28H31NO3S/c1-3-4-5-9-15-26(29-32-28(31)23-12-10-11-21(2)20-23)27(30)22-16-18-25(19-17-22)33-24-13-7-6-8-14-24/h6-8,10,12-14,16-21H,3-5,9,11,15H2,1-2H3/b29-26+. The maximum absolute atomic E-state index is 13.2. The molecule has 0 bridgehead atoms. The van der Waals surface area contributed by atoms with Crippen LogP contribution in [0.15, 0.2) is 93.3 Å². The number of oxime groups is 1. The third-order valence-corrected chi connectivity index (χ3v) is 6.38. The summed E-state index contributed by atoms with van der Waals surface area (Å²) in [6.07, 6.45) is 11.0. The summed E-state index contributed by atoms with van der Waals surface area (Å²) >= 11 is 1.64. The third kappa shape index (κ3) is 7.86. The van der Waals surface area contributed by atoms with Gasteiger partial charge in [0.15, 0.2) is 0 Å². The van der Waals surface area contributed by atoms with Crippen molar-refractivity contribution < 1.29 is 14.4 Å². The van der Waals surface area contributed by atoms with Crippen LogP contribution >= 0.6 is 11.8 Å². The molecule has 0 fully saturated rings. The highest BCUT2D eigenvalue weighted by atomic mass is 32.2. The number of allylic oxidation sites excluding steroid dienone is 2. The maximum Gasteiger partial charge on any atom is 0.365 e. The van der Waals surface area contributed by atoms with Gasteiger partial charge in [0.25, 0.3) is 0 Å². The van der Waals surface area contributed by atoms with Gasteiger partial charge in [-0.15, -0.1) is 0 Å². The van der Waals surface area contributed by atoms with Gasteiger partial charge < -0.3 is 4.84 Å². The van der Waals surface area contributed by atoms with Gasteiger partial charge in [-0.25, -0.2) is 4.79 Å². The summed E-state index contributed by atoms with van der Waals surface area (Å²) in [4.78, 5) is 33.0. The third-order valence-electron chi connectivity index (χ3n) is 5.37. The monoisotopic (exact) mass is 461 g/mol. The second-order valence-corrected chi connectivity index (χ2v) is 9.38. The van der Waals surface area contributed by atoms with Gasteiger partial charge in [-0.05, 0) is 61.6 Å².